The number of thiophene rings is 1. The molecule has 0 amide bonds. The first-order valence-corrected chi connectivity index (χ1v) is 10.8. The third kappa shape index (κ3) is 4.00. The predicted molar refractivity (Wildman–Crippen MR) is 106 cm³/mol. The van der Waals surface area contributed by atoms with E-state index in [9.17, 15) is 9.59 Å². The molecule has 1 unspecified atom stereocenters. The van der Waals surface area contributed by atoms with Crippen molar-refractivity contribution in [3.8, 4) is 0 Å². The van der Waals surface area contributed by atoms with Crippen molar-refractivity contribution in [2.75, 3.05) is 5.75 Å². The van der Waals surface area contributed by atoms with Gasteiger partial charge in [0.1, 0.15) is 10.6 Å². The molecular weight excluding hydrogens is 352 g/mol. The lowest BCUT2D eigenvalue weighted by Crippen LogP contribution is -2.25. The van der Waals surface area contributed by atoms with E-state index in [-0.39, 0.29) is 11.3 Å². The van der Waals surface area contributed by atoms with Crippen LogP contribution in [0, 0.1) is 11.8 Å². The van der Waals surface area contributed by atoms with Gasteiger partial charge in [0.2, 0.25) is 0 Å². The summed E-state index contributed by atoms with van der Waals surface area (Å²) in [5.41, 5.74) is 1.32. The Hall–Kier alpha value is -1.14. The first kappa shape index (κ1) is 18.6. The van der Waals surface area contributed by atoms with Crippen LogP contribution in [0.2, 0.25) is 0 Å². The van der Waals surface area contributed by atoms with Gasteiger partial charge in [-0.05, 0) is 50.0 Å². The molecule has 2 heterocycles. The van der Waals surface area contributed by atoms with E-state index in [2.05, 4.69) is 20.8 Å². The van der Waals surface area contributed by atoms with Crippen LogP contribution in [0.25, 0.3) is 10.2 Å². The van der Waals surface area contributed by atoms with Gasteiger partial charge in [-0.3, -0.25) is 14.2 Å². The van der Waals surface area contributed by atoms with Crippen molar-refractivity contribution in [2.24, 2.45) is 11.8 Å². The number of rotatable bonds is 6. The van der Waals surface area contributed by atoms with Crippen molar-refractivity contribution in [3.05, 3.63) is 20.8 Å². The molecule has 0 fully saturated rings. The Morgan fingerprint density at radius 2 is 2.20 bits per heavy atom. The molecule has 1 atom stereocenters. The van der Waals surface area contributed by atoms with E-state index < -0.39 is 0 Å². The van der Waals surface area contributed by atoms with Crippen molar-refractivity contribution < 1.29 is 4.79 Å². The number of aryl methyl sites for hydroxylation is 1. The Kier molecular flexibility index (Phi) is 5.68. The van der Waals surface area contributed by atoms with E-state index in [0.717, 1.165) is 35.9 Å². The average Bonchev–Trinajstić information content (AvgIpc) is 2.89. The molecule has 6 heteroatoms. The van der Waals surface area contributed by atoms with Crippen LogP contribution in [0.15, 0.2) is 9.95 Å². The van der Waals surface area contributed by atoms with Gasteiger partial charge in [-0.2, -0.15) is 0 Å². The second kappa shape index (κ2) is 7.62. The van der Waals surface area contributed by atoms with Crippen LogP contribution < -0.4 is 5.56 Å². The number of nitrogens with zero attached hydrogens (tertiary/aromatic N) is 2. The molecular formula is C19H26N2O2S2. The Bertz CT molecular complexity index is 851. The maximum absolute atomic E-state index is 13.3. The summed E-state index contributed by atoms with van der Waals surface area (Å²) in [4.78, 5) is 31.7. The summed E-state index contributed by atoms with van der Waals surface area (Å²) in [5, 5.41) is 1.53. The topological polar surface area (TPSA) is 52.0 Å². The average molecular weight is 379 g/mol. The van der Waals surface area contributed by atoms with Crippen LogP contribution in [0.3, 0.4) is 0 Å². The number of carbonyl (C=O) groups is 1. The molecule has 136 valence electrons. The Labute approximate surface area is 157 Å². The Morgan fingerprint density at radius 3 is 2.88 bits per heavy atom. The van der Waals surface area contributed by atoms with Crippen LogP contribution in [-0.2, 0) is 24.2 Å². The van der Waals surface area contributed by atoms with Crippen molar-refractivity contribution >= 4 is 39.1 Å². The van der Waals surface area contributed by atoms with Crippen molar-refractivity contribution in [3.63, 3.8) is 0 Å². The Balaban J connectivity index is 2.10. The minimum absolute atomic E-state index is 0.0868. The summed E-state index contributed by atoms with van der Waals surface area (Å²) in [6.45, 7) is 8.84. The van der Waals surface area contributed by atoms with E-state index in [4.69, 9.17) is 4.98 Å². The highest BCUT2D eigenvalue weighted by atomic mass is 32.2. The number of hydrogen-bond acceptors (Lipinski definition) is 5. The van der Waals surface area contributed by atoms with E-state index in [1.807, 2.05) is 0 Å². The van der Waals surface area contributed by atoms with Crippen molar-refractivity contribution in [1.82, 2.24) is 9.55 Å². The zero-order valence-electron chi connectivity index (χ0n) is 15.4. The summed E-state index contributed by atoms with van der Waals surface area (Å²) in [5.74, 6) is 1.66. The number of carbonyl (C=O) groups excluding carboxylic acids is 1. The van der Waals surface area contributed by atoms with Crippen LogP contribution in [0.5, 0.6) is 0 Å². The molecule has 0 aliphatic heterocycles. The summed E-state index contributed by atoms with van der Waals surface area (Å²) < 4.78 is 1.81. The van der Waals surface area contributed by atoms with Crippen LogP contribution in [0.1, 0.15) is 51.0 Å². The molecule has 2 aromatic rings. The molecule has 4 nitrogen and oxygen atoms in total. The zero-order valence-corrected chi connectivity index (χ0v) is 17.1. The zero-order chi connectivity index (χ0) is 18.1. The lowest BCUT2D eigenvalue weighted by atomic mass is 9.89. The monoisotopic (exact) mass is 378 g/mol. The normalized spacial score (nSPS) is 17.2. The van der Waals surface area contributed by atoms with Gasteiger partial charge in [-0.25, -0.2) is 4.98 Å². The smallest absolute Gasteiger partial charge is 0.263 e. The lowest BCUT2D eigenvalue weighted by Gasteiger charge is -2.18. The lowest BCUT2D eigenvalue weighted by molar-refractivity contribution is -0.114. The number of thioether (sulfide) groups is 1. The highest BCUT2D eigenvalue weighted by molar-refractivity contribution is 7.99. The van der Waals surface area contributed by atoms with Gasteiger partial charge in [-0.15, -0.1) is 11.3 Å². The van der Waals surface area contributed by atoms with Crippen LogP contribution >= 0.6 is 23.1 Å². The summed E-state index contributed by atoms with van der Waals surface area (Å²) >= 11 is 3.07. The molecule has 0 radical (unpaired) electrons. The number of fused-ring (bicyclic) bond motifs is 3. The minimum atomic E-state index is 0.0868. The number of aromatic nitrogens is 2. The van der Waals surface area contributed by atoms with Crippen molar-refractivity contribution in [2.45, 2.75) is 65.1 Å². The second-order valence-corrected chi connectivity index (χ2v) is 9.58. The van der Waals surface area contributed by atoms with Gasteiger partial charge in [0.05, 0.1) is 11.1 Å². The van der Waals surface area contributed by atoms with E-state index in [0.29, 0.717) is 29.3 Å². The Morgan fingerprint density at radius 1 is 1.44 bits per heavy atom. The summed E-state index contributed by atoms with van der Waals surface area (Å²) in [6, 6.07) is 0. The molecule has 2 aromatic heterocycles. The molecule has 1 aliphatic rings. The van der Waals surface area contributed by atoms with Gasteiger partial charge in [-0.1, -0.05) is 32.5 Å². The quantitative estimate of drug-likeness (QED) is 0.555. The number of ketones is 1. The molecule has 0 saturated carbocycles. The van der Waals surface area contributed by atoms with Crippen LogP contribution in [0.4, 0.5) is 0 Å². The molecule has 0 spiro atoms. The minimum Gasteiger partial charge on any atom is -0.299 e. The standard InChI is InChI=1S/C19H26N2O2S2/c1-11(2)7-8-21-18(23)16-14-6-5-12(3)9-15(14)25-17(16)20-19(21)24-10-13(4)22/h11-12H,5-10H2,1-4H3. The molecule has 0 bridgehead atoms. The van der Waals surface area contributed by atoms with Gasteiger partial charge >= 0.3 is 0 Å². The SMILES string of the molecule is CC(=O)CSc1nc2sc3c(c2c(=O)n1CCC(C)C)CCC(C)C3. The first-order chi connectivity index (χ1) is 11.9. The van der Waals surface area contributed by atoms with E-state index in [1.165, 1.54) is 22.2 Å². The number of hydrogen-bond donors (Lipinski definition) is 0. The maximum atomic E-state index is 13.3. The first-order valence-electron chi connectivity index (χ1n) is 9.04. The third-order valence-electron chi connectivity index (χ3n) is 4.71. The molecule has 0 N–H and O–H groups in total. The molecule has 3 rings (SSSR count). The summed E-state index contributed by atoms with van der Waals surface area (Å²) in [7, 11) is 0. The van der Waals surface area contributed by atoms with Gasteiger partial charge < -0.3 is 0 Å². The predicted octanol–water partition coefficient (Wildman–Crippen LogP) is 4.31. The molecule has 0 aromatic carbocycles. The highest BCUT2D eigenvalue weighted by Gasteiger charge is 2.24. The maximum Gasteiger partial charge on any atom is 0.263 e. The fourth-order valence-corrected chi connectivity index (χ4v) is 5.51. The van der Waals surface area contributed by atoms with Gasteiger partial charge in [0.25, 0.3) is 5.56 Å². The van der Waals surface area contributed by atoms with Crippen molar-refractivity contribution in [1.29, 1.82) is 0 Å². The second-order valence-electron chi connectivity index (χ2n) is 7.56. The number of Topliss-reactive ketones (excluding diaryl/α,β-unsaturated/α-hetero) is 1. The summed E-state index contributed by atoms with van der Waals surface area (Å²) in [6.07, 6.45) is 4.12. The van der Waals surface area contributed by atoms with E-state index in [1.54, 1.807) is 22.8 Å². The highest BCUT2D eigenvalue weighted by Crippen LogP contribution is 2.36. The third-order valence-corrected chi connectivity index (χ3v) is 6.98. The van der Waals surface area contributed by atoms with Crippen LogP contribution in [-0.4, -0.2) is 21.1 Å². The fourth-order valence-electron chi connectivity index (χ4n) is 3.27. The van der Waals surface area contributed by atoms with Gasteiger partial charge in [0.15, 0.2) is 5.16 Å². The molecule has 0 saturated heterocycles. The fraction of sp³-hybridized carbons (Fsp3) is 0.632. The van der Waals surface area contributed by atoms with Gasteiger partial charge in [0, 0.05) is 11.4 Å². The molecule has 1 aliphatic carbocycles. The molecule has 25 heavy (non-hydrogen) atoms. The van der Waals surface area contributed by atoms with E-state index >= 15 is 0 Å². The largest absolute Gasteiger partial charge is 0.299 e.